The molecule has 0 amide bonds. The van der Waals surface area contributed by atoms with E-state index >= 15 is 0 Å². The summed E-state index contributed by atoms with van der Waals surface area (Å²) in [6.07, 6.45) is 0. The van der Waals surface area contributed by atoms with Gasteiger partial charge in [0.15, 0.2) is 21.3 Å². The predicted molar refractivity (Wildman–Crippen MR) is 80.4 cm³/mol. The van der Waals surface area contributed by atoms with Gasteiger partial charge >= 0.3 is 0 Å². The highest BCUT2D eigenvalue weighted by Gasteiger charge is 2.28. The largest absolute Gasteiger partial charge is 0.486 e. The van der Waals surface area contributed by atoms with E-state index in [1.165, 1.54) is 0 Å². The van der Waals surface area contributed by atoms with Crippen LogP contribution < -0.4 is 15.2 Å². The topological polar surface area (TPSA) is 81.9 Å². The molecule has 2 N–H and O–H groups in total. The molecule has 116 valence electrons. The summed E-state index contributed by atoms with van der Waals surface area (Å²) in [5.74, 6) is 1.80. The first kappa shape index (κ1) is 14.5. The Morgan fingerprint density at radius 3 is 2.62 bits per heavy atom. The van der Waals surface area contributed by atoms with Crippen LogP contribution in [0.5, 0.6) is 11.5 Å². The van der Waals surface area contributed by atoms with Gasteiger partial charge < -0.3 is 15.2 Å². The number of sulfone groups is 1. The van der Waals surface area contributed by atoms with Gasteiger partial charge in [-0.05, 0) is 18.6 Å². The highest BCUT2D eigenvalue weighted by atomic mass is 32.2. The molecule has 7 heteroatoms. The van der Waals surface area contributed by atoms with Crippen LogP contribution in [-0.2, 0) is 16.4 Å². The molecule has 0 saturated carbocycles. The van der Waals surface area contributed by atoms with Crippen molar-refractivity contribution in [2.45, 2.75) is 19.5 Å². The van der Waals surface area contributed by atoms with Crippen molar-refractivity contribution in [2.24, 2.45) is 0 Å². The van der Waals surface area contributed by atoms with Crippen LogP contribution in [0.25, 0.3) is 0 Å². The maximum absolute atomic E-state index is 11.6. The second kappa shape index (κ2) is 5.38. The fourth-order valence-corrected chi connectivity index (χ4v) is 4.40. The van der Waals surface area contributed by atoms with Crippen LogP contribution in [-0.4, -0.2) is 50.6 Å². The normalized spacial score (nSPS) is 24.7. The third kappa shape index (κ3) is 3.08. The molecule has 2 aliphatic rings. The van der Waals surface area contributed by atoms with E-state index in [0.29, 0.717) is 43.5 Å². The summed E-state index contributed by atoms with van der Waals surface area (Å²) in [5.41, 5.74) is 7.68. The second-order valence-electron chi connectivity index (χ2n) is 5.63. The lowest BCUT2D eigenvalue weighted by atomic mass is 10.1. The van der Waals surface area contributed by atoms with Crippen LogP contribution in [0.15, 0.2) is 12.1 Å². The fourth-order valence-electron chi connectivity index (χ4n) is 2.77. The van der Waals surface area contributed by atoms with Crippen molar-refractivity contribution >= 4 is 15.5 Å². The number of ether oxygens (including phenoxy) is 2. The predicted octanol–water partition coefficient (Wildman–Crippen LogP) is 0.659. The van der Waals surface area contributed by atoms with E-state index < -0.39 is 9.84 Å². The summed E-state index contributed by atoms with van der Waals surface area (Å²) >= 11 is 0. The zero-order chi connectivity index (χ0) is 15.0. The molecule has 0 bridgehead atoms. The van der Waals surface area contributed by atoms with E-state index in [0.717, 1.165) is 5.56 Å². The van der Waals surface area contributed by atoms with Gasteiger partial charge in [-0.15, -0.1) is 0 Å². The number of benzene rings is 1. The minimum Gasteiger partial charge on any atom is -0.486 e. The lowest BCUT2D eigenvalue weighted by molar-refractivity contribution is 0.170. The van der Waals surface area contributed by atoms with Crippen molar-refractivity contribution in [3.63, 3.8) is 0 Å². The molecular formula is C14H20N2O4S. The molecule has 1 atom stereocenters. The van der Waals surface area contributed by atoms with Crippen molar-refractivity contribution in [2.75, 3.05) is 37.0 Å². The lowest BCUT2D eigenvalue weighted by Crippen LogP contribution is -2.46. The van der Waals surface area contributed by atoms with Gasteiger partial charge in [-0.1, -0.05) is 0 Å². The standard InChI is InChI=1S/C14H20N2O4S/c1-10-9-21(17,18)5-2-16(10)8-11-6-13-14(7-12(11)15)20-4-3-19-13/h6-7,10H,2-5,8-9,15H2,1H3. The maximum Gasteiger partial charge on any atom is 0.163 e. The highest BCUT2D eigenvalue weighted by molar-refractivity contribution is 7.91. The molecule has 0 radical (unpaired) electrons. The number of hydrogen-bond acceptors (Lipinski definition) is 6. The zero-order valence-corrected chi connectivity index (χ0v) is 12.9. The van der Waals surface area contributed by atoms with Crippen LogP contribution in [0.2, 0.25) is 0 Å². The molecule has 1 aromatic rings. The SMILES string of the molecule is CC1CS(=O)(=O)CCN1Cc1cc2c(cc1N)OCCO2. The molecule has 6 nitrogen and oxygen atoms in total. The Hall–Kier alpha value is -1.47. The van der Waals surface area contributed by atoms with E-state index in [-0.39, 0.29) is 17.5 Å². The van der Waals surface area contributed by atoms with Crippen LogP contribution in [0.4, 0.5) is 5.69 Å². The maximum atomic E-state index is 11.6. The Bertz CT molecular complexity index is 645. The molecule has 2 heterocycles. The number of anilines is 1. The number of nitrogens with two attached hydrogens (primary N) is 1. The number of rotatable bonds is 2. The molecule has 1 fully saturated rings. The van der Waals surface area contributed by atoms with E-state index in [9.17, 15) is 8.42 Å². The van der Waals surface area contributed by atoms with Gasteiger partial charge in [-0.25, -0.2) is 8.42 Å². The first-order valence-electron chi connectivity index (χ1n) is 7.07. The van der Waals surface area contributed by atoms with Gasteiger partial charge in [0, 0.05) is 30.9 Å². The fraction of sp³-hybridized carbons (Fsp3) is 0.571. The van der Waals surface area contributed by atoms with Gasteiger partial charge in [0.25, 0.3) is 0 Å². The Kier molecular flexibility index (Phi) is 3.71. The Balaban J connectivity index is 1.79. The molecule has 3 rings (SSSR count). The Morgan fingerprint density at radius 1 is 1.29 bits per heavy atom. The van der Waals surface area contributed by atoms with Crippen LogP contribution in [0, 0.1) is 0 Å². The van der Waals surface area contributed by atoms with Crippen molar-refractivity contribution < 1.29 is 17.9 Å². The zero-order valence-electron chi connectivity index (χ0n) is 12.0. The smallest absolute Gasteiger partial charge is 0.163 e. The van der Waals surface area contributed by atoms with Crippen LogP contribution in [0.3, 0.4) is 0 Å². The first-order chi connectivity index (χ1) is 9.94. The van der Waals surface area contributed by atoms with Crippen LogP contribution in [0.1, 0.15) is 12.5 Å². The van der Waals surface area contributed by atoms with Crippen molar-refractivity contribution in [1.82, 2.24) is 4.90 Å². The average molecular weight is 312 g/mol. The third-order valence-corrected chi connectivity index (χ3v) is 5.78. The highest BCUT2D eigenvalue weighted by Crippen LogP contribution is 2.35. The average Bonchev–Trinajstić information content (AvgIpc) is 2.42. The molecule has 2 aliphatic heterocycles. The molecular weight excluding hydrogens is 292 g/mol. The van der Waals surface area contributed by atoms with Gasteiger partial charge in [-0.2, -0.15) is 0 Å². The first-order valence-corrected chi connectivity index (χ1v) is 8.89. The number of nitrogen functional groups attached to an aromatic ring is 1. The van der Waals surface area contributed by atoms with E-state index in [2.05, 4.69) is 4.90 Å². The molecule has 0 spiro atoms. The van der Waals surface area contributed by atoms with Crippen molar-refractivity contribution in [1.29, 1.82) is 0 Å². The van der Waals surface area contributed by atoms with E-state index in [1.807, 2.05) is 13.0 Å². The number of hydrogen-bond donors (Lipinski definition) is 1. The van der Waals surface area contributed by atoms with Crippen molar-refractivity contribution in [3.05, 3.63) is 17.7 Å². The lowest BCUT2D eigenvalue weighted by Gasteiger charge is -2.33. The summed E-state index contributed by atoms with van der Waals surface area (Å²) in [5, 5.41) is 0. The Labute approximate surface area is 124 Å². The molecule has 0 aliphatic carbocycles. The summed E-state index contributed by atoms with van der Waals surface area (Å²) < 4.78 is 34.3. The second-order valence-corrected chi connectivity index (χ2v) is 7.86. The molecule has 1 aromatic carbocycles. The number of nitrogens with zero attached hydrogens (tertiary/aromatic N) is 1. The summed E-state index contributed by atoms with van der Waals surface area (Å²) in [4.78, 5) is 2.14. The van der Waals surface area contributed by atoms with Crippen LogP contribution >= 0.6 is 0 Å². The summed E-state index contributed by atoms with van der Waals surface area (Å²) in [7, 11) is -2.90. The third-order valence-electron chi connectivity index (χ3n) is 3.99. The van der Waals surface area contributed by atoms with Gasteiger partial charge in [0.1, 0.15) is 13.2 Å². The van der Waals surface area contributed by atoms with Gasteiger partial charge in [-0.3, -0.25) is 4.90 Å². The monoisotopic (exact) mass is 312 g/mol. The summed E-state index contributed by atoms with van der Waals surface area (Å²) in [6.45, 7) is 4.17. The minimum atomic E-state index is -2.90. The quantitative estimate of drug-likeness (QED) is 0.808. The van der Waals surface area contributed by atoms with Crippen molar-refractivity contribution in [3.8, 4) is 11.5 Å². The molecule has 0 aromatic heterocycles. The Morgan fingerprint density at radius 2 is 1.95 bits per heavy atom. The van der Waals surface area contributed by atoms with E-state index in [1.54, 1.807) is 6.07 Å². The molecule has 1 saturated heterocycles. The molecule has 1 unspecified atom stereocenters. The minimum absolute atomic E-state index is 0.00338. The van der Waals surface area contributed by atoms with Gasteiger partial charge in [0.2, 0.25) is 0 Å². The number of fused-ring (bicyclic) bond motifs is 1. The van der Waals surface area contributed by atoms with Gasteiger partial charge in [0.05, 0.1) is 11.5 Å². The van der Waals surface area contributed by atoms with E-state index in [4.69, 9.17) is 15.2 Å². The molecule has 21 heavy (non-hydrogen) atoms. The summed E-state index contributed by atoms with van der Waals surface area (Å²) in [6, 6.07) is 3.69.